The topological polar surface area (TPSA) is 89.2 Å². The van der Waals surface area contributed by atoms with Gasteiger partial charge in [-0.25, -0.2) is 9.97 Å². The van der Waals surface area contributed by atoms with E-state index in [4.69, 9.17) is 9.26 Å². The summed E-state index contributed by atoms with van der Waals surface area (Å²) in [5.41, 5.74) is 4.88. The van der Waals surface area contributed by atoms with Crippen molar-refractivity contribution in [1.29, 1.82) is 0 Å². The Balaban J connectivity index is 1.40. The zero-order chi connectivity index (χ0) is 21.2. The van der Waals surface area contributed by atoms with Crippen LogP contribution in [0.25, 0.3) is 21.6 Å². The van der Waals surface area contributed by atoms with Gasteiger partial charge in [-0.2, -0.15) is 0 Å². The number of thiazole rings is 1. The van der Waals surface area contributed by atoms with Gasteiger partial charge in [-0.15, -0.1) is 0 Å². The van der Waals surface area contributed by atoms with Crippen LogP contribution in [0.1, 0.15) is 11.5 Å². The van der Waals surface area contributed by atoms with Crippen molar-refractivity contribution in [3.8, 4) is 21.6 Å². The van der Waals surface area contributed by atoms with Crippen molar-refractivity contribution in [2.45, 2.75) is 13.8 Å². The fourth-order valence-electron chi connectivity index (χ4n) is 3.73. The zero-order valence-corrected chi connectivity index (χ0v) is 18.1. The molecule has 1 fully saturated rings. The van der Waals surface area contributed by atoms with E-state index in [2.05, 4.69) is 42.5 Å². The summed E-state index contributed by atoms with van der Waals surface area (Å²) in [7, 11) is 0. The first-order valence-electron chi connectivity index (χ1n) is 10.1. The summed E-state index contributed by atoms with van der Waals surface area (Å²) in [6.45, 7) is 7.00. The van der Waals surface area contributed by atoms with Gasteiger partial charge in [0, 0.05) is 54.6 Å². The largest absolute Gasteiger partial charge is 0.378 e. The number of ether oxygens (including phenoxy) is 1. The van der Waals surface area contributed by atoms with Gasteiger partial charge in [0.2, 0.25) is 0 Å². The molecule has 31 heavy (non-hydrogen) atoms. The van der Waals surface area contributed by atoms with E-state index in [-0.39, 0.29) is 0 Å². The summed E-state index contributed by atoms with van der Waals surface area (Å²) in [5, 5.41) is 8.22. The summed E-state index contributed by atoms with van der Waals surface area (Å²) in [6.07, 6.45) is 7.33. The third kappa shape index (κ3) is 4.01. The molecule has 1 aliphatic heterocycles. The van der Waals surface area contributed by atoms with E-state index in [0.29, 0.717) is 0 Å². The number of pyridine rings is 2. The molecular weight excluding hydrogens is 412 g/mol. The van der Waals surface area contributed by atoms with Gasteiger partial charge < -0.3 is 19.5 Å². The maximum absolute atomic E-state index is 5.47. The van der Waals surface area contributed by atoms with Crippen molar-refractivity contribution >= 4 is 28.0 Å². The molecular formula is C22H22N6O2S. The number of nitrogens with zero attached hydrogens (tertiary/aromatic N) is 5. The lowest BCUT2D eigenvalue weighted by molar-refractivity contribution is 0.122. The molecule has 158 valence electrons. The number of aryl methyl sites for hydroxylation is 2. The van der Waals surface area contributed by atoms with Crippen LogP contribution in [0, 0.1) is 13.8 Å². The molecule has 0 aliphatic carbocycles. The van der Waals surface area contributed by atoms with Crippen molar-refractivity contribution in [3.05, 3.63) is 54.4 Å². The smallest absolute Gasteiger partial charge is 0.188 e. The highest BCUT2D eigenvalue weighted by atomic mass is 32.1. The van der Waals surface area contributed by atoms with Gasteiger partial charge in [0.1, 0.15) is 5.76 Å². The molecule has 8 nitrogen and oxygen atoms in total. The molecule has 1 aliphatic rings. The number of aromatic nitrogens is 4. The second kappa shape index (κ2) is 8.44. The molecule has 0 spiro atoms. The number of anilines is 3. The van der Waals surface area contributed by atoms with Gasteiger partial charge in [-0.1, -0.05) is 16.5 Å². The minimum atomic E-state index is 0.726. The number of morpholine rings is 1. The fourth-order valence-corrected chi connectivity index (χ4v) is 4.52. The predicted octanol–water partition coefficient (Wildman–Crippen LogP) is 4.45. The van der Waals surface area contributed by atoms with Crippen LogP contribution in [0.5, 0.6) is 0 Å². The molecule has 4 aromatic heterocycles. The summed E-state index contributed by atoms with van der Waals surface area (Å²) in [5.74, 6) is 1.59. The maximum Gasteiger partial charge on any atom is 0.188 e. The first-order chi connectivity index (χ1) is 15.2. The highest BCUT2D eigenvalue weighted by Crippen LogP contribution is 2.35. The van der Waals surface area contributed by atoms with Gasteiger partial charge in [0.25, 0.3) is 0 Å². The van der Waals surface area contributed by atoms with E-state index in [1.54, 1.807) is 17.5 Å². The summed E-state index contributed by atoms with van der Waals surface area (Å²) in [4.78, 5) is 16.8. The molecule has 0 amide bonds. The highest BCUT2D eigenvalue weighted by Gasteiger charge is 2.17. The maximum atomic E-state index is 5.47. The van der Waals surface area contributed by atoms with Crippen molar-refractivity contribution in [2.24, 2.45) is 0 Å². The van der Waals surface area contributed by atoms with E-state index in [0.717, 1.165) is 76.0 Å². The van der Waals surface area contributed by atoms with Crippen molar-refractivity contribution in [2.75, 3.05) is 36.5 Å². The van der Waals surface area contributed by atoms with Crippen LogP contribution in [0.15, 0.2) is 47.5 Å². The molecule has 0 atom stereocenters. The van der Waals surface area contributed by atoms with Crippen LogP contribution in [0.2, 0.25) is 0 Å². The second-order valence-electron chi connectivity index (χ2n) is 7.29. The minimum absolute atomic E-state index is 0.726. The molecule has 1 saturated heterocycles. The lowest BCUT2D eigenvalue weighted by Gasteiger charge is -2.29. The summed E-state index contributed by atoms with van der Waals surface area (Å²) >= 11 is 1.57. The first kappa shape index (κ1) is 19.7. The third-order valence-corrected chi connectivity index (χ3v) is 6.18. The predicted molar refractivity (Wildman–Crippen MR) is 121 cm³/mol. The molecule has 5 heterocycles. The van der Waals surface area contributed by atoms with E-state index >= 15 is 0 Å². The standard InChI is InChI=1S/C22H22N6O2S/c1-14-20(15(2)30-27-14)17-10-16(11-23-12-17)19-13-25-22(31-19)26-21-18(4-3-5-24-21)28-6-8-29-9-7-28/h3-5,10-13H,6-9H2,1-2H3,(H,24,25,26). The van der Waals surface area contributed by atoms with Gasteiger partial charge in [0.05, 0.1) is 29.5 Å². The fraction of sp³-hybridized carbons (Fsp3) is 0.273. The van der Waals surface area contributed by atoms with E-state index in [1.165, 1.54) is 0 Å². The third-order valence-electron chi connectivity index (χ3n) is 5.21. The number of rotatable bonds is 5. The number of hydrogen-bond donors (Lipinski definition) is 1. The molecule has 1 N–H and O–H groups in total. The Bertz CT molecular complexity index is 1180. The lowest BCUT2D eigenvalue weighted by Crippen LogP contribution is -2.36. The molecule has 5 rings (SSSR count). The average molecular weight is 435 g/mol. The summed E-state index contributed by atoms with van der Waals surface area (Å²) in [6, 6.07) is 6.12. The van der Waals surface area contributed by atoms with Crippen LogP contribution >= 0.6 is 11.3 Å². The molecule has 0 bridgehead atoms. The minimum Gasteiger partial charge on any atom is -0.378 e. The Hall–Kier alpha value is -3.30. The Kier molecular flexibility index (Phi) is 5.35. The van der Waals surface area contributed by atoms with E-state index in [1.807, 2.05) is 38.5 Å². The average Bonchev–Trinajstić information content (AvgIpc) is 3.41. The highest BCUT2D eigenvalue weighted by molar-refractivity contribution is 7.18. The zero-order valence-electron chi connectivity index (χ0n) is 17.3. The molecule has 4 aromatic rings. The summed E-state index contributed by atoms with van der Waals surface area (Å²) < 4.78 is 10.8. The van der Waals surface area contributed by atoms with Crippen LogP contribution in [-0.4, -0.2) is 46.4 Å². The number of nitrogens with one attached hydrogen (secondary N) is 1. The van der Waals surface area contributed by atoms with Crippen LogP contribution in [0.3, 0.4) is 0 Å². The monoisotopic (exact) mass is 434 g/mol. The van der Waals surface area contributed by atoms with Gasteiger partial charge in [0.15, 0.2) is 10.9 Å². The van der Waals surface area contributed by atoms with E-state index < -0.39 is 0 Å². The SMILES string of the molecule is Cc1noc(C)c1-c1cncc(-c2cnc(Nc3ncccc3N3CCOCC3)s2)c1. The van der Waals surface area contributed by atoms with Crippen molar-refractivity contribution < 1.29 is 9.26 Å². The normalized spacial score (nSPS) is 14.1. The van der Waals surface area contributed by atoms with Crippen LogP contribution in [-0.2, 0) is 4.74 Å². The van der Waals surface area contributed by atoms with Crippen molar-refractivity contribution in [1.82, 2.24) is 20.1 Å². The molecule has 9 heteroatoms. The second-order valence-corrected chi connectivity index (χ2v) is 8.32. The Morgan fingerprint density at radius 1 is 1.06 bits per heavy atom. The van der Waals surface area contributed by atoms with Crippen molar-refractivity contribution in [3.63, 3.8) is 0 Å². The Morgan fingerprint density at radius 2 is 1.90 bits per heavy atom. The molecule has 0 unspecified atom stereocenters. The van der Waals surface area contributed by atoms with Gasteiger partial charge in [-0.05, 0) is 32.0 Å². The van der Waals surface area contributed by atoms with E-state index in [9.17, 15) is 0 Å². The molecule has 0 aromatic carbocycles. The van der Waals surface area contributed by atoms with Gasteiger partial charge in [-0.3, -0.25) is 4.98 Å². The Morgan fingerprint density at radius 3 is 2.71 bits per heavy atom. The van der Waals surface area contributed by atoms with Crippen LogP contribution < -0.4 is 10.2 Å². The first-order valence-corrected chi connectivity index (χ1v) is 10.9. The van der Waals surface area contributed by atoms with Gasteiger partial charge >= 0.3 is 0 Å². The lowest BCUT2D eigenvalue weighted by atomic mass is 10.0. The quantitative estimate of drug-likeness (QED) is 0.493. The number of hydrogen-bond acceptors (Lipinski definition) is 9. The van der Waals surface area contributed by atoms with Crippen LogP contribution in [0.4, 0.5) is 16.6 Å². The Labute approximate surface area is 183 Å². The molecule has 0 saturated carbocycles. The molecule has 0 radical (unpaired) electrons.